The van der Waals surface area contributed by atoms with Gasteiger partial charge in [0.25, 0.3) is 5.56 Å². The van der Waals surface area contributed by atoms with Gasteiger partial charge in [0.05, 0.1) is 11.7 Å². The predicted octanol–water partition coefficient (Wildman–Crippen LogP) is 2.81. The summed E-state index contributed by atoms with van der Waals surface area (Å²) >= 11 is 1.63. The Bertz CT molecular complexity index is 1040. The highest BCUT2D eigenvalue weighted by Gasteiger charge is 2.27. The van der Waals surface area contributed by atoms with Crippen LogP contribution in [0.3, 0.4) is 0 Å². The monoisotopic (exact) mass is 446 g/mol. The van der Waals surface area contributed by atoms with E-state index < -0.39 is 5.60 Å². The summed E-state index contributed by atoms with van der Waals surface area (Å²) in [5.41, 5.74) is 0.600. The van der Waals surface area contributed by atoms with Gasteiger partial charge in [-0.05, 0) is 52.0 Å². The van der Waals surface area contributed by atoms with Crippen LogP contribution in [0.1, 0.15) is 50.5 Å². The second-order valence-electron chi connectivity index (χ2n) is 9.23. The number of carbonyl (C=O) groups is 2. The van der Waals surface area contributed by atoms with Crippen molar-refractivity contribution in [1.82, 2.24) is 19.4 Å². The Morgan fingerprint density at radius 2 is 1.77 bits per heavy atom. The van der Waals surface area contributed by atoms with Crippen molar-refractivity contribution in [2.45, 2.75) is 65.0 Å². The first-order chi connectivity index (χ1) is 14.7. The largest absolute Gasteiger partial charge is 0.444 e. The standard InChI is InChI=1S/C22H30N4O4S/c1-22(2,3)30-21(29)25-12-10-24(11-13-25)17(27)8-9-26-14-23-19-18(20(26)28)15-6-4-5-7-16(15)31-19/h14H,4-13H2,1-3H3. The van der Waals surface area contributed by atoms with E-state index in [2.05, 4.69) is 4.98 Å². The number of amides is 2. The van der Waals surface area contributed by atoms with E-state index in [0.717, 1.165) is 29.5 Å². The lowest BCUT2D eigenvalue weighted by Gasteiger charge is -2.35. The van der Waals surface area contributed by atoms with E-state index in [0.29, 0.717) is 32.7 Å². The second kappa shape index (κ2) is 8.61. The molecule has 0 bridgehead atoms. The molecule has 1 fully saturated rings. The molecule has 1 aliphatic heterocycles. The molecule has 2 aromatic heterocycles. The summed E-state index contributed by atoms with van der Waals surface area (Å²) in [7, 11) is 0. The van der Waals surface area contributed by atoms with Crippen molar-refractivity contribution in [3.05, 3.63) is 27.1 Å². The molecule has 0 unspecified atom stereocenters. The van der Waals surface area contributed by atoms with Crippen molar-refractivity contribution in [2.24, 2.45) is 0 Å². The average Bonchev–Trinajstić information content (AvgIpc) is 3.11. The number of rotatable bonds is 3. The molecule has 168 valence electrons. The molecule has 0 aromatic carbocycles. The van der Waals surface area contributed by atoms with Crippen LogP contribution in [0.5, 0.6) is 0 Å². The minimum Gasteiger partial charge on any atom is -0.444 e. The second-order valence-corrected chi connectivity index (χ2v) is 10.3. The Balaban J connectivity index is 1.35. The molecule has 0 N–H and O–H groups in total. The van der Waals surface area contributed by atoms with E-state index in [1.165, 1.54) is 16.9 Å². The molecule has 0 atom stereocenters. The minimum atomic E-state index is -0.534. The maximum atomic E-state index is 13.0. The summed E-state index contributed by atoms with van der Waals surface area (Å²) in [4.78, 5) is 47.9. The Labute approximate surface area is 185 Å². The predicted molar refractivity (Wildman–Crippen MR) is 120 cm³/mol. The molecule has 4 rings (SSSR count). The van der Waals surface area contributed by atoms with Crippen LogP contribution in [-0.2, 0) is 28.9 Å². The first-order valence-electron chi connectivity index (χ1n) is 11.0. The van der Waals surface area contributed by atoms with Crippen LogP contribution >= 0.6 is 11.3 Å². The van der Waals surface area contributed by atoms with E-state index in [9.17, 15) is 14.4 Å². The number of ether oxygens (including phenoxy) is 1. The van der Waals surface area contributed by atoms with Gasteiger partial charge < -0.3 is 14.5 Å². The van der Waals surface area contributed by atoms with Crippen molar-refractivity contribution >= 4 is 33.6 Å². The van der Waals surface area contributed by atoms with Crippen molar-refractivity contribution in [3.63, 3.8) is 0 Å². The SMILES string of the molecule is CC(C)(C)OC(=O)N1CCN(C(=O)CCn2cnc3sc4c(c3c2=O)CCCC4)CC1. The zero-order valence-electron chi connectivity index (χ0n) is 18.5. The molecule has 3 heterocycles. The summed E-state index contributed by atoms with van der Waals surface area (Å²) in [5.74, 6) is -0.0109. The number of carbonyl (C=O) groups excluding carboxylic acids is 2. The third-order valence-corrected chi connectivity index (χ3v) is 6.99. The molecule has 31 heavy (non-hydrogen) atoms. The van der Waals surface area contributed by atoms with E-state index in [4.69, 9.17) is 4.74 Å². The molecule has 1 aliphatic carbocycles. The van der Waals surface area contributed by atoms with Gasteiger partial charge in [-0.2, -0.15) is 0 Å². The Hall–Kier alpha value is -2.42. The first kappa shape index (κ1) is 21.8. The van der Waals surface area contributed by atoms with Crippen LogP contribution in [-0.4, -0.2) is 63.1 Å². The third kappa shape index (κ3) is 4.76. The summed E-state index contributed by atoms with van der Waals surface area (Å²) in [6.45, 7) is 7.69. The smallest absolute Gasteiger partial charge is 0.410 e. The molecule has 0 saturated carbocycles. The number of piperazine rings is 1. The van der Waals surface area contributed by atoms with Crippen LogP contribution in [0.2, 0.25) is 0 Å². The highest BCUT2D eigenvalue weighted by Crippen LogP contribution is 2.33. The third-order valence-electron chi connectivity index (χ3n) is 5.79. The molecule has 8 nitrogen and oxygen atoms in total. The Morgan fingerprint density at radius 1 is 1.10 bits per heavy atom. The number of thiophene rings is 1. The van der Waals surface area contributed by atoms with Crippen molar-refractivity contribution in [3.8, 4) is 0 Å². The number of aryl methyl sites for hydroxylation is 3. The lowest BCUT2D eigenvalue weighted by Crippen LogP contribution is -2.51. The number of hydrogen-bond donors (Lipinski definition) is 0. The van der Waals surface area contributed by atoms with Gasteiger partial charge in [-0.25, -0.2) is 9.78 Å². The highest BCUT2D eigenvalue weighted by molar-refractivity contribution is 7.18. The minimum absolute atomic E-state index is 0.0109. The normalized spacial score (nSPS) is 17.0. The Kier molecular flexibility index (Phi) is 6.05. The first-order valence-corrected chi connectivity index (χ1v) is 11.8. The van der Waals surface area contributed by atoms with Crippen LogP contribution in [0.15, 0.2) is 11.1 Å². The number of hydrogen-bond acceptors (Lipinski definition) is 6. The maximum absolute atomic E-state index is 13.0. The van der Waals surface area contributed by atoms with Crippen molar-refractivity contribution in [2.75, 3.05) is 26.2 Å². The van der Waals surface area contributed by atoms with Crippen molar-refractivity contribution < 1.29 is 14.3 Å². The molecular weight excluding hydrogens is 416 g/mol. The highest BCUT2D eigenvalue weighted by atomic mass is 32.1. The lowest BCUT2D eigenvalue weighted by molar-refractivity contribution is -0.133. The molecule has 2 aromatic rings. The van der Waals surface area contributed by atoms with Crippen LogP contribution < -0.4 is 5.56 Å². The van der Waals surface area contributed by atoms with Gasteiger partial charge in [0, 0.05) is 44.0 Å². The fourth-order valence-corrected chi connectivity index (χ4v) is 5.40. The summed E-state index contributed by atoms with van der Waals surface area (Å²) < 4.78 is 6.97. The number of fused-ring (bicyclic) bond motifs is 3. The molecule has 2 aliphatic rings. The molecule has 2 amide bonds. The fourth-order valence-electron chi connectivity index (χ4n) is 4.18. The summed E-state index contributed by atoms with van der Waals surface area (Å²) in [5, 5.41) is 0.751. The van der Waals surface area contributed by atoms with E-state index in [1.54, 1.807) is 32.0 Å². The van der Waals surface area contributed by atoms with Crippen molar-refractivity contribution in [1.29, 1.82) is 0 Å². The molecular formula is C22H30N4O4S. The number of aromatic nitrogens is 2. The van der Waals surface area contributed by atoms with E-state index in [1.807, 2.05) is 20.8 Å². The fraction of sp³-hybridized carbons (Fsp3) is 0.636. The summed E-state index contributed by atoms with van der Waals surface area (Å²) in [6.07, 6.45) is 5.72. The molecule has 9 heteroatoms. The molecule has 0 radical (unpaired) electrons. The molecule has 1 saturated heterocycles. The Morgan fingerprint density at radius 3 is 2.48 bits per heavy atom. The summed E-state index contributed by atoms with van der Waals surface area (Å²) in [6, 6.07) is 0. The van der Waals surface area contributed by atoms with E-state index >= 15 is 0 Å². The van der Waals surface area contributed by atoms with Gasteiger partial charge in [0.1, 0.15) is 10.4 Å². The van der Waals surface area contributed by atoms with Crippen LogP contribution in [0, 0.1) is 0 Å². The van der Waals surface area contributed by atoms with Gasteiger partial charge in [-0.15, -0.1) is 11.3 Å². The van der Waals surface area contributed by atoms with E-state index in [-0.39, 0.29) is 24.0 Å². The van der Waals surface area contributed by atoms with Crippen LogP contribution in [0.25, 0.3) is 10.2 Å². The zero-order chi connectivity index (χ0) is 22.2. The van der Waals surface area contributed by atoms with Crippen LogP contribution in [0.4, 0.5) is 4.79 Å². The molecule has 0 spiro atoms. The van der Waals surface area contributed by atoms with Gasteiger partial charge in [0.2, 0.25) is 5.91 Å². The van der Waals surface area contributed by atoms with Gasteiger partial charge >= 0.3 is 6.09 Å². The number of nitrogens with zero attached hydrogens (tertiary/aromatic N) is 4. The zero-order valence-corrected chi connectivity index (χ0v) is 19.3. The average molecular weight is 447 g/mol. The van der Waals surface area contributed by atoms with Gasteiger partial charge in [-0.3, -0.25) is 14.2 Å². The quantitative estimate of drug-likeness (QED) is 0.724. The topological polar surface area (TPSA) is 84.7 Å². The van der Waals surface area contributed by atoms with Gasteiger partial charge in [-0.1, -0.05) is 0 Å². The maximum Gasteiger partial charge on any atom is 0.410 e. The van der Waals surface area contributed by atoms with Gasteiger partial charge in [0.15, 0.2) is 0 Å². The lowest BCUT2D eigenvalue weighted by atomic mass is 9.97.